The van der Waals surface area contributed by atoms with Gasteiger partial charge in [-0.15, -0.1) is 0 Å². The molecule has 1 aliphatic carbocycles. The monoisotopic (exact) mass is 251 g/mol. The van der Waals surface area contributed by atoms with E-state index in [1.54, 1.807) is 13.0 Å². The average molecular weight is 251 g/mol. The molecule has 1 heterocycles. The number of hydrogen-bond donors (Lipinski definition) is 2. The Morgan fingerprint density at radius 3 is 2.61 bits per heavy atom. The first-order valence-corrected chi connectivity index (χ1v) is 6.20. The van der Waals surface area contributed by atoms with Gasteiger partial charge in [0.15, 0.2) is 5.82 Å². The number of rotatable bonds is 2. The second-order valence-electron chi connectivity index (χ2n) is 4.59. The predicted octanol–water partition coefficient (Wildman–Crippen LogP) is 1.37. The molecule has 0 aliphatic heterocycles. The van der Waals surface area contributed by atoms with E-state index in [9.17, 15) is 9.59 Å². The summed E-state index contributed by atoms with van der Waals surface area (Å²) in [7, 11) is 0. The molecule has 1 aliphatic rings. The minimum absolute atomic E-state index is 0.121. The standard InChI is InChI=1S/C12H17N3O3/c1-8-7-10(15-18-8)14-12(17)11(16)13-9-5-3-2-4-6-9/h7,9H,2-6H2,1H3,(H,13,16)(H,14,15,17). The maximum absolute atomic E-state index is 11.6. The molecule has 0 spiro atoms. The predicted molar refractivity (Wildman–Crippen MR) is 64.9 cm³/mol. The highest BCUT2D eigenvalue weighted by atomic mass is 16.5. The number of anilines is 1. The van der Waals surface area contributed by atoms with Crippen LogP contribution in [0.1, 0.15) is 37.9 Å². The summed E-state index contributed by atoms with van der Waals surface area (Å²) in [5, 5.41) is 8.73. The zero-order valence-electron chi connectivity index (χ0n) is 10.4. The van der Waals surface area contributed by atoms with Crippen LogP contribution >= 0.6 is 0 Å². The van der Waals surface area contributed by atoms with Gasteiger partial charge >= 0.3 is 11.8 Å². The van der Waals surface area contributed by atoms with Gasteiger partial charge in [0.1, 0.15) is 5.76 Å². The minimum Gasteiger partial charge on any atom is -0.360 e. The lowest BCUT2D eigenvalue weighted by Crippen LogP contribution is -2.42. The normalized spacial score (nSPS) is 16.3. The Hall–Kier alpha value is -1.85. The van der Waals surface area contributed by atoms with Gasteiger partial charge in [-0.25, -0.2) is 0 Å². The van der Waals surface area contributed by atoms with E-state index in [-0.39, 0.29) is 11.9 Å². The Balaban J connectivity index is 1.82. The van der Waals surface area contributed by atoms with Crippen molar-refractivity contribution in [2.45, 2.75) is 45.1 Å². The van der Waals surface area contributed by atoms with E-state index in [2.05, 4.69) is 15.8 Å². The molecule has 2 amide bonds. The molecule has 2 rings (SSSR count). The number of amides is 2. The fourth-order valence-electron chi connectivity index (χ4n) is 2.10. The van der Waals surface area contributed by atoms with Crippen LogP contribution in [-0.2, 0) is 9.59 Å². The molecule has 6 nitrogen and oxygen atoms in total. The molecule has 2 N–H and O–H groups in total. The average Bonchev–Trinajstić information content (AvgIpc) is 2.76. The molecular weight excluding hydrogens is 234 g/mol. The van der Waals surface area contributed by atoms with E-state index in [1.807, 2.05) is 0 Å². The first-order valence-electron chi connectivity index (χ1n) is 6.20. The van der Waals surface area contributed by atoms with Crippen LogP contribution < -0.4 is 10.6 Å². The first kappa shape index (κ1) is 12.6. The quantitative estimate of drug-likeness (QED) is 0.777. The van der Waals surface area contributed by atoms with Crippen LogP contribution in [0.25, 0.3) is 0 Å². The summed E-state index contributed by atoms with van der Waals surface area (Å²) in [4.78, 5) is 23.2. The van der Waals surface area contributed by atoms with Crippen molar-refractivity contribution in [2.75, 3.05) is 5.32 Å². The second kappa shape index (κ2) is 5.66. The number of nitrogens with one attached hydrogen (secondary N) is 2. The SMILES string of the molecule is Cc1cc(NC(=O)C(=O)NC2CCCCC2)no1. The van der Waals surface area contributed by atoms with Crippen LogP contribution in [0.5, 0.6) is 0 Å². The molecule has 18 heavy (non-hydrogen) atoms. The maximum Gasteiger partial charge on any atom is 0.314 e. The summed E-state index contributed by atoms with van der Waals surface area (Å²) in [6.45, 7) is 1.71. The number of nitrogens with zero attached hydrogens (tertiary/aromatic N) is 1. The molecule has 0 unspecified atom stereocenters. The molecule has 1 saturated carbocycles. The van der Waals surface area contributed by atoms with Crippen LogP contribution in [-0.4, -0.2) is 23.0 Å². The van der Waals surface area contributed by atoms with Gasteiger partial charge in [0.05, 0.1) is 0 Å². The van der Waals surface area contributed by atoms with Crippen molar-refractivity contribution in [3.8, 4) is 0 Å². The molecule has 6 heteroatoms. The van der Waals surface area contributed by atoms with Crippen molar-refractivity contribution in [2.24, 2.45) is 0 Å². The Labute approximate surface area is 105 Å². The van der Waals surface area contributed by atoms with Crippen molar-refractivity contribution < 1.29 is 14.1 Å². The third kappa shape index (κ3) is 3.32. The van der Waals surface area contributed by atoms with Gasteiger partial charge in [0.25, 0.3) is 0 Å². The lowest BCUT2D eigenvalue weighted by atomic mass is 9.95. The summed E-state index contributed by atoms with van der Waals surface area (Å²) in [5.74, 6) is -0.467. The topological polar surface area (TPSA) is 84.2 Å². The summed E-state index contributed by atoms with van der Waals surface area (Å²) in [5.41, 5.74) is 0. The zero-order valence-corrected chi connectivity index (χ0v) is 10.4. The molecule has 0 atom stereocenters. The Morgan fingerprint density at radius 2 is 2.00 bits per heavy atom. The third-order valence-electron chi connectivity index (χ3n) is 3.02. The summed E-state index contributed by atoms with van der Waals surface area (Å²) in [6, 6.07) is 1.68. The van der Waals surface area contributed by atoms with E-state index >= 15 is 0 Å². The van der Waals surface area contributed by atoms with Crippen molar-refractivity contribution in [3.05, 3.63) is 11.8 Å². The Bertz CT molecular complexity index is 436. The van der Waals surface area contributed by atoms with E-state index in [4.69, 9.17) is 4.52 Å². The van der Waals surface area contributed by atoms with Crippen molar-refractivity contribution in [3.63, 3.8) is 0 Å². The minimum atomic E-state index is -0.700. The molecule has 0 aromatic carbocycles. The van der Waals surface area contributed by atoms with Gasteiger partial charge in [0.2, 0.25) is 0 Å². The van der Waals surface area contributed by atoms with Gasteiger partial charge in [-0.2, -0.15) is 0 Å². The van der Waals surface area contributed by atoms with E-state index in [0.717, 1.165) is 25.7 Å². The highest BCUT2D eigenvalue weighted by Crippen LogP contribution is 2.17. The third-order valence-corrected chi connectivity index (χ3v) is 3.02. The molecule has 98 valence electrons. The molecule has 1 aromatic heterocycles. The van der Waals surface area contributed by atoms with Gasteiger partial charge in [-0.3, -0.25) is 14.9 Å². The lowest BCUT2D eigenvalue weighted by molar-refractivity contribution is -0.136. The number of carbonyl (C=O) groups excluding carboxylic acids is 2. The number of aromatic nitrogens is 1. The highest BCUT2D eigenvalue weighted by Gasteiger charge is 2.21. The summed E-state index contributed by atoms with van der Waals surface area (Å²) in [6.07, 6.45) is 5.31. The van der Waals surface area contributed by atoms with Crippen molar-refractivity contribution >= 4 is 17.6 Å². The van der Waals surface area contributed by atoms with Gasteiger partial charge in [-0.1, -0.05) is 24.4 Å². The van der Waals surface area contributed by atoms with Crippen LogP contribution in [0.3, 0.4) is 0 Å². The van der Waals surface area contributed by atoms with Crippen LogP contribution in [0.4, 0.5) is 5.82 Å². The largest absolute Gasteiger partial charge is 0.360 e. The summed E-state index contributed by atoms with van der Waals surface area (Å²) < 4.78 is 4.80. The lowest BCUT2D eigenvalue weighted by Gasteiger charge is -2.22. The number of aryl methyl sites for hydroxylation is 1. The maximum atomic E-state index is 11.6. The van der Waals surface area contributed by atoms with E-state index in [1.165, 1.54) is 6.42 Å². The number of hydrogen-bond acceptors (Lipinski definition) is 4. The molecule has 0 radical (unpaired) electrons. The number of carbonyl (C=O) groups is 2. The molecular formula is C12H17N3O3. The fourth-order valence-corrected chi connectivity index (χ4v) is 2.10. The van der Waals surface area contributed by atoms with Crippen LogP contribution in [0, 0.1) is 6.92 Å². The van der Waals surface area contributed by atoms with Crippen LogP contribution in [0.2, 0.25) is 0 Å². The zero-order chi connectivity index (χ0) is 13.0. The van der Waals surface area contributed by atoms with Crippen molar-refractivity contribution in [1.29, 1.82) is 0 Å². The smallest absolute Gasteiger partial charge is 0.314 e. The highest BCUT2D eigenvalue weighted by molar-refractivity contribution is 6.39. The van der Waals surface area contributed by atoms with Gasteiger partial charge < -0.3 is 9.84 Å². The molecule has 1 fully saturated rings. The van der Waals surface area contributed by atoms with Crippen LogP contribution in [0.15, 0.2) is 10.6 Å². The van der Waals surface area contributed by atoms with Gasteiger partial charge in [-0.05, 0) is 19.8 Å². The second-order valence-corrected chi connectivity index (χ2v) is 4.59. The fraction of sp³-hybridized carbons (Fsp3) is 0.583. The molecule has 1 aromatic rings. The first-order chi connectivity index (χ1) is 8.65. The molecule has 0 saturated heterocycles. The Kier molecular flexibility index (Phi) is 3.96. The van der Waals surface area contributed by atoms with Crippen molar-refractivity contribution in [1.82, 2.24) is 10.5 Å². The summed E-state index contributed by atoms with van der Waals surface area (Å²) >= 11 is 0. The Morgan fingerprint density at radius 1 is 1.28 bits per heavy atom. The molecule has 0 bridgehead atoms. The van der Waals surface area contributed by atoms with E-state index < -0.39 is 11.8 Å². The van der Waals surface area contributed by atoms with Gasteiger partial charge in [0, 0.05) is 12.1 Å². The van der Waals surface area contributed by atoms with E-state index in [0.29, 0.717) is 5.76 Å².